The van der Waals surface area contributed by atoms with E-state index in [2.05, 4.69) is 15.0 Å². The van der Waals surface area contributed by atoms with Crippen molar-refractivity contribution in [2.45, 2.75) is 26.2 Å². The molecule has 2 heterocycles. The van der Waals surface area contributed by atoms with Crippen molar-refractivity contribution < 1.29 is 9.32 Å². The van der Waals surface area contributed by atoms with Crippen LogP contribution >= 0.6 is 0 Å². The first-order valence-corrected chi connectivity index (χ1v) is 4.87. The van der Waals surface area contributed by atoms with Gasteiger partial charge in [-0.3, -0.25) is 4.79 Å². The zero-order chi connectivity index (χ0) is 9.97. The molecular formula is C9H13N3O2. The highest BCUT2D eigenvalue weighted by Gasteiger charge is 2.17. The number of hydrogen-bond donors (Lipinski definition) is 0. The van der Waals surface area contributed by atoms with Crippen LogP contribution in [0.4, 0.5) is 5.95 Å². The molecule has 0 bridgehead atoms. The summed E-state index contributed by atoms with van der Waals surface area (Å²) in [4.78, 5) is 17.0. The summed E-state index contributed by atoms with van der Waals surface area (Å²) in [5, 5.41) is 3.78. The quantitative estimate of drug-likeness (QED) is 0.665. The first-order chi connectivity index (χ1) is 6.77. The number of nitrogens with zero attached hydrogens (tertiary/aromatic N) is 3. The van der Waals surface area contributed by atoms with Crippen LogP contribution in [0.3, 0.4) is 0 Å². The highest BCUT2D eigenvalue weighted by atomic mass is 16.5. The number of hydrogen-bond acceptors (Lipinski definition) is 5. The van der Waals surface area contributed by atoms with Crippen molar-refractivity contribution in [3.63, 3.8) is 0 Å². The van der Waals surface area contributed by atoms with Gasteiger partial charge < -0.3 is 9.42 Å². The van der Waals surface area contributed by atoms with E-state index >= 15 is 0 Å². The Morgan fingerprint density at radius 2 is 2.07 bits per heavy atom. The van der Waals surface area contributed by atoms with Crippen LogP contribution in [0, 0.1) is 0 Å². The van der Waals surface area contributed by atoms with Gasteiger partial charge in [0.2, 0.25) is 5.78 Å². The molecule has 1 aliphatic rings. The minimum Gasteiger partial charge on any atom is -0.338 e. The molecule has 0 aliphatic carbocycles. The van der Waals surface area contributed by atoms with Crippen molar-refractivity contribution in [1.29, 1.82) is 0 Å². The lowest BCUT2D eigenvalue weighted by Gasteiger charge is -2.24. The van der Waals surface area contributed by atoms with E-state index in [9.17, 15) is 4.79 Å². The molecule has 0 radical (unpaired) electrons. The summed E-state index contributed by atoms with van der Waals surface area (Å²) < 4.78 is 4.83. The van der Waals surface area contributed by atoms with Gasteiger partial charge >= 0.3 is 0 Å². The second-order valence-corrected chi connectivity index (χ2v) is 3.50. The molecule has 5 heteroatoms. The van der Waals surface area contributed by atoms with E-state index in [4.69, 9.17) is 4.52 Å². The zero-order valence-electron chi connectivity index (χ0n) is 8.19. The van der Waals surface area contributed by atoms with Gasteiger partial charge in [0.1, 0.15) is 0 Å². The van der Waals surface area contributed by atoms with Gasteiger partial charge in [0, 0.05) is 20.0 Å². The molecule has 1 saturated heterocycles. The van der Waals surface area contributed by atoms with Gasteiger partial charge in [-0.25, -0.2) is 0 Å². The predicted molar refractivity (Wildman–Crippen MR) is 50.4 cm³/mol. The van der Waals surface area contributed by atoms with Crippen LogP contribution in [-0.4, -0.2) is 29.0 Å². The summed E-state index contributed by atoms with van der Waals surface area (Å²) in [5.74, 6) is 0.473. The van der Waals surface area contributed by atoms with Gasteiger partial charge in [-0.2, -0.15) is 4.98 Å². The Hall–Kier alpha value is -1.39. The Morgan fingerprint density at radius 1 is 1.36 bits per heavy atom. The molecule has 0 saturated carbocycles. The SMILES string of the molecule is CC(=O)c1nc(N2CCCCC2)no1. The molecule has 2 rings (SSSR count). The van der Waals surface area contributed by atoms with Crippen molar-refractivity contribution in [2.75, 3.05) is 18.0 Å². The average molecular weight is 195 g/mol. The van der Waals surface area contributed by atoms with Crippen LogP contribution in [0.25, 0.3) is 0 Å². The van der Waals surface area contributed by atoms with Gasteiger partial charge in [-0.1, -0.05) is 0 Å². The van der Waals surface area contributed by atoms with Gasteiger partial charge in [-0.05, 0) is 24.4 Å². The number of carbonyl (C=O) groups excluding carboxylic acids is 1. The minimum atomic E-state index is -0.180. The largest absolute Gasteiger partial charge is 0.338 e. The maximum atomic E-state index is 10.9. The fourth-order valence-corrected chi connectivity index (χ4v) is 1.58. The van der Waals surface area contributed by atoms with Crippen LogP contribution in [0.15, 0.2) is 4.52 Å². The summed E-state index contributed by atoms with van der Waals surface area (Å²) >= 11 is 0. The molecule has 5 nitrogen and oxygen atoms in total. The standard InChI is InChI=1S/C9H13N3O2/c1-7(13)8-10-9(11-14-8)12-5-3-2-4-6-12/h2-6H2,1H3. The molecule has 1 aliphatic heterocycles. The molecule has 0 atom stereocenters. The number of piperidine rings is 1. The van der Waals surface area contributed by atoms with E-state index in [-0.39, 0.29) is 11.7 Å². The molecular weight excluding hydrogens is 182 g/mol. The molecule has 1 aromatic rings. The molecule has 76 valence electrons. The van der Waals surface area contributed by atoms with E-state index in [1.807, 2.05) is 0 Å². The maximum absolute atomic E-state index is 10.9. The van der Waals surface area contributed by atoms with E-state index in [1.54, 1.807) is 0 Å². The molecule has 1 aromatic heterocycles. The normalized spacial score (nSPS) is 17.1. The first kappa shape index (κ1) is 9.18. The molecule has 0 amide bonds. The molecule has 0 unspecified atom stereocenters. The first-order valence-electron chi connectivity index (χ1n) is 4.87. The van der Waals surface area contributed by atoms with Crippen molar-refractivity contribution in [3.05, 3.63) is 5.89 Å². The second kappa shape index (κ2) is 3.77. The number of ketones is 1. The second-order valence-electron chi connectivity index (χ2n) is 3.50. The number of anilines is 1. The van der Waals surface area contributed by atoms with Crippen LogP contribution in [0.5, 0.6) is 0 Å². The van der Waals surface area contributed by atoms with Crippen LogP contribution in [0.1, 0.15) is 36.9 Å². The third-order valence-electron chi connectivity index (χ3n) is 2.36. The summed E-state index contributed by atoms with van der Waals surface area (Å²) in [6.45, 7) is 3.33. The summed E-state index contributed by atoms with van der Waals surface area (Å²) in [7, 11) is 0. The summed E-state index contributed by atoms with van der Waals surface area (Å²) in [6, 6.07) is 0. The predicted octanol–water partition coefficient (Wildman–Crippen LogP) is 1.26. The van der Waals surface area contributed by atoms with Gasteiger partial charge in [0.15, 0.2) is 0 Å². The number of aromatic nitrogens is 2. The Labute approximate surface area is 82.1 Å². The van der Waals surface area contributed by atoms with Gasteiger partial charge in [0.25, 0.3) is 11.8 Å². The van der Waals surface area contributed by atoms with Crippen LogP contribution in [-0.2, 0) is 0 Å². The third-order valence-corrected chi connectivity index (χ3v) is 2.36. The van der Waals surface area contributed by atoms with Crippen LogP contribution < -0.4 is 4.90 Å². The van der Waals surface area contributed by atoms with E-state index in [1.165, 1.54) is 13.3 Å². The molecule has 14 heavy (non-hydrogen) atoms. The Balaban J connectivity index is 2.11. The lowest BCUT2D eigenvalue weighted by Crippen LogP contribution is -2.30. The molecule has 1 fully saturated rings. The van der Waals surface area contributed by atoms with Gasteiger partial charge in [-0.15, -0.1) is 0 Å². The van der Waals surface area contributed by atoms with E-state index in [0.29, 0.717) is 5.95 Å². The smallest absolute Gasteiger partial charge is 0.295 e. The molecule has 0 spiro atoms. The average Bonchev–Trinajstić information content (AvgIpc) is 2.68. The Morgan fingerprint density at radius 3 is 2.64 bits per heavy atom. The fourth-order valence-electron chi connectivity index (χ4n) is 1.58. The topological polar surface area (TPSA) is 59.2 Å². The number of rotatable bonds is 2. The van der Waals surface area contributed by atoms with Gasteiger partial charge in [0.05, 0.1) is 0 Å². The summed E-state index contributed by atoms with van der Waals surface area (Å²) in [6.07, 6.45) is 3.57. The van der Waals surface area contributed by atoms with E-state index < -0.39 is 0 Å². The zero-order valence-corrected chi connectivity index (χ0v) is 8.19. The number of carbonyl (C=O) groups is 1. The van der Waals surface area contributed by atoms with Crippen molar-refractivity contribution in [1.82, 2.24) is 10.1 Å². The van der Waals surface area contributed by atoms with E-state index in [0.717, 1.165) is 25.9 Å². The number of Topliss-reactive ketones (excluding diaryl/α,β-unsaturated/α-hetero) is 1. The van der Waals surface area contributed by atoms with Crippen molar-refractivity contribution >= 4 is 11.7 Å². The summed E-state index contributed by atoms with van der Waals surface area (Å²) in [5.41, 5.74) is 0. The maximum Gasteiger partial charge on any atom is 0.295 e. The Bertz CT molecular complexity index is 329. The van der Waals surface area contributed by atoms with Crippen molar-refractivity contribution in [3.8, 4) is 0 Å². The lowest BCUT2D eigenvalue weighted by molar-refractivity contribution is 0.0972. The van der Waals surface area contributed by atoms with Crippen LogP contribution in [0.2, 0.25) is 0 Å². The highest BCUT2D eigenvalue weighted by molar-refractivity contribution is 5.89. The fraction of sp³-hybridized carbons (Fsp3) is 0.667. The third kappa shape index (κ3) is 1.76. The van der Waals surface area contributed by atoms with Crippen molar-refractivity contribution in [2.24, 2.45) is 0 Å². The highest BCUT2D eigenvalue weighted by Crippen LogP contribution is 2.16. The minimum absolute atomic E-state index is 0.102. The molecule has 0 aromatic carbocycles. The molecule has 0 N–H and O–H groups in total. The lowest BCUT2D eigenvalue weighted by atomic mass is 10.1. The Kier molecular flexibility index (Phi) is 2.47. The monoisotopic (exact) mass is 195 g/mol.